The lowest BCUT2D eigenvalue weighted by molar-refractivity contribution is -0.162. The number of carbonyl (C=O) groups is 2. The second kappa shape index (κ2) is 61.6. The van der Waals surface area contributed by atoms with E-state index < -0.39 is 6.10 Å². The van der Waals surface area contributed by atoms with Crippen molar-refractivity contribution in [2.24, 2.45) is 0 Å². The van der Waals surface area contributed by atoms with Crippen LogP contribution in [0, 0.1) is 0 Å². The quantitative estimate of drug-likeness (QED) is 0.0345. The predicted octanol–water partition coefficient (Wildman–Crippen LogP) is 20.9. The Morgan fingerprint density at radius 3 is 1.06 bits per heavy atom. The third-order valence-electron chi connectivity index (χ3n) is 12.5. The number of allylic oxidation sites excluding steroid dienone is 20. The summed E-state index contributed by atoms with van der Waals surface area (Å²) in [5.74, 6) is -0.502. The molecule has 1 unspecified atom stereocenters. The molecular weight excluding hydrogens is 885 g/mol. The van der Waals surface area contributed by atoms with Crippen molar-refractivity contribution in [2.45, 2.75) is 271 Å². The molecule has 0 aliphatic rings. The molecule has 0 heterocycles. The van der Waals surface area contributed by atoms with Crippen LogP contribution >= 0.6 is 0 Å². The molecule has 0 aromatic rings. The molecule has 5 heteroatoms. The zero-order valence-electron chi connectivity index (χ0n) is 47.2. The monoisotopic (exact) mass is 997 g/mol. The van der Waals surface area contributed by atoms with E-state index in [-0.39, 0.29) is 25.2 Å². The molecule has 0 spiro atoms. The molecule has 0 radical (unpaired) electrons. The first-order chi connectivity index (χ1) is 35.6. The van der Waals surface area contributed by atoms with E-state index in [0.29, 0.717) is 25.9 Å². The number of hydrogen-bond acceptors (Lipinski definition) is 5. The van der Waals surface area contributed by atoms with Crippen LogP contribution in [0.2, 0.25) is 0 Å². The maximum Gasteiger partial charge on any atom is 0.306 e. The van der Waals surface area contributed by atoms with Crippen LogP contribution in [0.25, 0.3) is 0 Å². The van der Waals surface area contributed by atoms with E-state index in [1.807, 2.05) is 6.08 Å². The lowest BCUT2D eigenvalue weighted by atomic mass is 10.0. The highest BCUT2D eigenvalue weighted by Gasteiger charge is 2.17. The Kier molecular flexibility index (Phi) is 58.4. The van der Waals surface area contributed by atoms with Crippen molar-refractivity contribution >= 4 is 11.9 Å². The fourth-order valence-corrected chi connectivity index (χ4v) is 8.12. The molecule has 0 aromatic carbocycles. The first kappa shape index (κ1) is 68.3. The minimum absolute atomic E-state index is 0.0326. The van der Waals surface area contributed by atoms with Crippen molar-refractivity contribution in [2.75, 3.05) is 19.8 Å². The molecular formula is C67H112O5. The highest BCUT2D eigenvalue weighted by molar-refractivity contribution is 5.70. The van der Waals surface area contributed by atoms with Gasteiger partial charge in [-0.25, -0.2) is 0 Å². The number of ether oxygens (including phenoxy) is 3. The minimum Gasteiger partial charge on any atom is -0.462 e. The molecule has 0 aromatic heterocycles. The first-order valence-corrected chi connectivity index (χ1v) is 30.1. The fourth-order valence-electron chi connectivity index (χ4n) is 8.12. The Labute approximate surface area is 446 Å². The fraction of sp³-hybridized carbons (Fsp3) is 0.672. The maximum atomic E-state index is 12.9. The molecule has 0 amide bonds. The molecule has 0 fully saturated rings. The lowest BCUT2D eigenvalue weighted by Crippen LogP contribution is -2.30. The van der Waals surface area contributed by atoms with E-state index in [4.69, 9.17) is 14.2 Å². The highest BCUT2D eigenvalue weighted by atomic mass is 16.6. The van der Waals surface area contributed by atoms with Gasteiger partial charge in [-0.1, -0.05) is 277 Å². The van der Waals surface area contributed by atoms with Crippen LogP contribution in [0.4, 0.5) is 0 Å². The summed E-state index contributed by atoms with van der Waals surface area (Å²) in [6.07, 6.45) is 86.7. The average molecular weight is 998 g/mol. The number of hydrogen-bond donors (Lipinski definition) is 0. The van der Waals surface area contributed by atoms with Gasteiger partial charge in [0.2, 0.25) is 0 Å². The molecule has 1 atom stereocenters. The summed E-state index contributed by atoms with van der Waals surface area (Å²) in [7, 11) is 0. The standard InChI is InChI=1S/C67H112O5/c1-4-7-10-13-16-19-22-25-28-31-34-36-39-42-45-48-51-54-57-60-66(68)71-64-65(63-70-62-59-56-53-50-47-44-41-38-33-30-27-24-21-18-15-12-9-6-3)72-67(69)61-58-55-52-49-46-43-40-37-35-32-29-26-23-20-17-14-11-8-5-2/h7,9-10,12,16,18-19,21,25,27-28,30,34,36,38,41-42,45,51,54,65H,4-6,8,11,13-15,17,20,22-24,26,29,31-33,35,37,39-40,43-44,46-50,52-53,55-64H2,1-3H3/b10-7-,12-9-,19-16-,21-18-,28-25-,30-27-,36-34-,41-38-,45-42-,54-51-. The molecule has 72 heavy (non-hydrogen) atoms. The van der Waals surface area contributed by atoms with Crippen LogP contribution in [0.1, 0.15) is 265 Å². The normalized spacial score (nSPS) is 13.1. The van der Waals surface area contributed by atoms with Crippen molar-refractivity contribution in [3.63, 3.8) is 0 Å². The summed E-state index contributed by atoms with van der Waals surface area (Å²) in [5, 5.41) is 0. The Balaban J connectivity index is 4.42. The van der Waals surface area contributed by atoms with E-state index in [9.17, 15) is 9.59 Å². The van der Waals surface area contributed by atoms with Crippen LogP contribution in [-0.2, 0) is 23.8 Å². The molecule has 0 aliphatic heterocycles. The van der Waals surface area contributed by atoms with Crippen LogP contribution in [0.15, 0.2) is 122 Å². The van der Waals surface area contributed by atoms with Crippen LogP contribution in [0.5, 0.6) is 0 Å². The third kappa shape index (κ3) is 58.9. The molecule has 0 saturated heterocycles. The Morgan fingerprint density at radius 2 is 0.653 bits per heavy atom. The van der Waals surface area contributed by atoms with Gasteiger partial charge in [0.05, 0.1) is 6.61 Å². The number of unbranched alkanes of at least 4 members (excludes halogenated alkanes) is 23. The largest absolute Gasteiger partial charge is 0.462 e. The summed E-state index contributed by atoms with van der Waals surface area (Å²) in [4.78, 5) is 25.5. The van der Waals surface area contributed by atoms with Crippen molar-refractivity contribution in [3.8, 4) is 0 Å². The predicted molar refractivity (Wildman–Crippen MR) is 316 cm³/mol. The Hall–Kier alpha value is -3.70. The summed E-state index contributed by atoms with van der Waals surface area (Å²) in [6, 6.07) is 0. The van der Waals surface area contributed by atoms with Gasteiger partial charge >= 0.3 is 11.9 Å². The van der Waals surface area contributed by atoms with Crippen molar-refractivity contribution in [3.05, 3.63) is 122 Å². The summed E-state index contributed by atoms with van der Waals surface area (Å²) >= 11 is 0. The molecule has 0 saturated carbocycles. The van der Waals surface area contributed by atoms with Crippen LogP contribution < -0.4 is 0 Å². The zero-order valence-corrected chi connectivity index (χ0v) is 47.2. The van der Waals surface area contributed by atoms with Gasteiger partial charge in [-0.2, -0.15) is 0 Å². The Morgan fingerprint density at radius 1 is 0.319 bits per heavy atom. The first-order valence-electron chi connectivity index (χ1n) is 30.1. The maximum absolute atomic E-state index is 12.9. The molecule has 410 valence electrons. The molecule has 0 N–H and O–H groups in total. The van der Waals surface area contributed by atoms with Gasteiger partial charge in [0.15, 0.2) is 6.10 Å². The van der Waals surface area contributed by atoms with Gasteiger partial charge in [-0.3, -0.25) is 9.59 Å². The van der Waals surface area contributed by atoms with Gasteiger partial charge in [-0.05, 0) is 96.3 Å². The number of rotatable bonds is 54. The van der Waals surface area contributed by atoms with Gasteiger partial charge < -0.3 is 14.2 Å². The van der Waals surface area contributed by atoms with Crippen LogP contribution in [0.3, 0.4) is 0 Å². The van der Waals surface area contributed by atoms with Gasteiger partial charge in [0, 0.05) is 19.4 Å². The third-order valence-corrected chi connectivity index (χ3v) is 12.5. The van der Waals surface area contributed by atoms with Crippen molar-refractivity contribution in [1.29, 1.82) is 0 Å². The van der Waals surface area contributed by atoms with Crippen molar-refractivity contribution in [1.82, 2.24) is 0 Å². The Bertz CT molecular complexity index is 1450. The molecule has 0 aliphatic carbocycles. The second-order valence-electron chi connectivity index (χ2n) is 19.5. The minimum atomic E-state index is -0.585. The smallest absolute Gasteiger partial charge is 0.306 e. The van der Waals surface area contributed by atoms with E-state index >= 15 is 0 Å². The van der Waals surface area contributed by atoms with Gasteiger partial charge in [0.1, 0.15) is 6.61 Å². The number of carbonyl (C=O) groups excluding carboxylic acids is 2. The van der Waals surface area contributed by atoms with Crippen molar-refractivity contribution < 1.29 is 23.8 Å². The van der Waals surface area contributed by atoms with E-state index in [1.54, 1.807) is 0 Å². The van der Waals surface area contributed by atoms with Gasteiger partial charge in [-0.15, -0.1) is 0 Å². The highest BCUT2D eigenvalue weighted by Crippen LogP contribution is 2.16. The average Bonchev–Trinajstić information content (AvgIpc) is 3.38. The topological polar surface area (TPSA) is 61.8 Å². The van der Waals surface area contributed by atoms with Crippen LogP contribution in [-0.4, -0.2) is 37.9 Å². The molecule has 0 rings (SSSR count). The summed E-state index contributed by atoms with van der Waals surface area (Å²) in [6.45, 7) is 7.50. The van der Waals surface area contributed by atoms with Gasteiger partial charge in [0.25, 0.3) is 0 Å². The summed E-state index contributed by atoms with van der Waals surface area (Å²) < 4.78 is 17.4. The van der Waals surface area contributed by atoms with E-state index in [2.05, 4.69) is 136 Å². The lowest BCUT2D eigenvalue weighted by Gasteiger charge is -2.18. The molecule has 0 bridgehead atoms. The number of esters is 2. The summed E-state index contributed by atoms with van der Waals surface area (Å²) in [5.41, 5.74) is 0. The molecule has 5 nitrogen and oxygen atoms in total. The van der Waals surface area contributed by atoms with E-state index in [1.165, 1.54) is 122 Å². The SMILES string of the molecule is CC/C=C\C/C=C\C/C=C\C/C=C\C/C=C\C/C=C\CCC(=O)OCC(COCCCCCCC/C=C\C/C=C\C/C=C\C/C=C\CC)OC(=O)CCCCCCCCCCCCCCCCCCCCC. The van der Waals surface area contributed by atoms with E-state index in [0.717, 1.165) is 103 Å². The zero-order chi connectivity index (χ0) is 52.0. The second-order valence-corrected chi connectivity index (χ2v) is 19.5.